The van der Waals surface area contributed by atoms with Crippen LogP contribution < -0.4 is 10.7 Å². The molecule has 0 spiro atoms. The summed E-state index contributed by atoms with van der Waals surface area (Å²) < 4.78 is 27.4. The summed E-state index contributed by atoms with van der Waals surface area (Å²) in [4.78, 5) is 35.3. The number of fused-ring (bicyclic) bond motifs is 1. The smallest absolute Gasteiger partial charge is 0.275 e. The highest BCUT2D eigenvalue weighted by atomic mass is 32.2. The van der Waals surface area contributed by atoms with Crippen LogP contribution in [0.1, 0.15) is 12.8 Å². The van der Waals surface area contributed by atoms with Crippen LogP contribution >= 0.6 is 0 Å². The van der Waals surface area contributed by atoms with E-state index in [-0.39, 0.29) is 24.5 Å². The van der Waals surface area contributed by atoms with Crippen LogP contribution in [-0.4, -0.2) is 55.2 Å². The van der Waals surface area contributed by atoms with Crippen molar-refractivity contribution in [3.05, 3.63) is 42.5 Å². The molecule has 0 bridgehead atoms. The van der Waals surface area contributed by atoms with E-state index < -0.39 is 33.8 Å². The number of hydrogen-bond donors (Lipinski definition) is 2. The molecule has 10 heteroatoms. The van der Waals surface area contributed by atoms with Gasteiger partial charge in [-0.25, -0.2) is 18.2 Å². The molecule has 4 amide bonds. The van der Waals surface area contributed by atoms with Crippen molar-refractivity contribution >= 4 is 38.6 Å². The van der Waals surface area contributed by atoms with Crippen LogP contribution in [0.4, 0.5) is 4.79 Å². The normalized spacial score (nSPS) is 18.8. The lowest BCUT2D eigenvalue weighted by Crippen LogP contribution is -2.49. The van der Waals surface area contributed by atoms with Crippen LogP contribution in [0.5, 0.6) is 0 Å². The molecule has 152 valence electrons. The predicted octanol–water partition coefficient (Wildman–Crippen LogP) is 0.824. The molecule has 2 heterocycles. The van der Waals surface area contributed by atoms with Crippen molar-refractivity contribution in [3.8, 4) is 0 Å². The SMILES string of the molecule is O=C1CN(NC(=O)C2CCN(S(=O)(=O)c3ccc4ccccc4c3)CC2)C(=O)N1. The van der Waals surface area contributed by atoms with Crippen molar-refractivity contribution in [2.45, 2.75) is 17.7 Å². The summed E-state index contributed by atoms with van der Waals surface area (Å²) in [5.41, 5.74) is 2.43. The minimum Gasteiger partial charge on any atom is -0.275 e. The minimum atomic E-state index is -3.66. The molecular formula is C19H20N4O5S. The van der Waals surface area contributed by atoms with Gasteiger partial charge in [0.15, 0.2) is 0 Å². The van der Waals surface area contributed by atoms with Crippen molar-refractivity contribution in [3.63, 3.8) is 0 Å². The van der Waals surface area contributed by atoms with Gasteiger partial charge in [0.1, 0.15) is 6.54 Å². The molecule has 2 saturated heterocycles. The Morgan fingerprint density at radius 1 is 1.03 bits per heavy atom. The zero-order valence-electron chi connectivity index (χ0n) is 15.5. The van der Waals surface area contributed by atoms with E-state index in [4.69, 9.17) is 0 Å². The molecule has 0 aliphatic carbocycles. The van der Waals surface area contributed by atoms with Gasteiger partial charge in [-0.3, -0.25) is 20.3 Å². The van der Waals surface area contributed by atoms with Gasteiger partial charge in [0.25, 0.3) is 0 Å². The number of rotatable bonds is 4. The zero-order chi connectivity index (χ0) is 20.6. The van der Waals surface area contributed by atoms with Gasteiger partial charge >= 0.3 is 6.03 Å². The lowest BCUT2D eigenvalue weighted by atomic mass is 9.97. The number of piperidine rings is 1. The fourth-order valence-electron chi connectivity index (χ4n) is 3.59. The number of urea groups is 1. The van der Waals surface area contributed by atoms with Gasteiger partial charge in [-0.1, -0.05) is 30.3 Å². The number of hydrazine groups is 1. The highest BCUT2D eigenvalue weighted by Gasteiger charge is 2.34. The summed E-state index contributed by atoms with van der Waals surface area (Å²) in [7, 11) is -3.66. The van der Waals surface area contributed by atoms with E-state index in [1.807, 2.05) is 24.3 Å². The summed E-state index contributed by atoms with van der Waals surface area (Å²) in [6.07, 6.45) is 0.671. The lowest BCUT2D eigenvalue weighted by Gasteiger charge is -2.31. The molecule has 2 aromatic rings. The number of nitrogens with zero attached hydrogens (tertiary/aromatic N) is 2. The van der Waals surface area contributed by atoms with Crippen LogP contribution in [0.2, 0.25) is 0 Å². The van der Waals surface area contributed by atoms with E-state index in [1.54, 1.807) is 18.2 Å². The third kappa shape index (κ3) is 3.81. The van der Waals surface area contributed by atoms with E-state index in [0.29, 0.717) is 12.8 Å². The van der Waals surface area contributed by atoms with Crippen LogP contribution in [0.25, 0.3) is 10.8 Å². The summed E-state index contributed by atoms with van der Waals surface area (Å²) in [5.74, 6) is -1.30. The summed E-state index contributed by atoms with van der Waals surface area (Å²) in [6, 6.07) is 11.9. The standard InChI is InChI=1S/C19H20N4O5S/c24-17-12-23(19(26)20-17)21-18(25)14-7-9-22(10-8-14)29(27,28)16-6-5-13-3-1-2-4-15(13)11-16/h1-6,11,14H,7-10,12H2,(H,21,25)(H,20,24,26). The number of benzene rings is 2. The molecular weight excluding hydrogens is 396 g/mol. The number of carbonyl (C=O) groups excluding carboxylic acids is 3. The topological polar surface area (TPSA) is 116 Å². The molecule has 4 rings (SSSR count). The van der Waals surface area contributed by atoms with E-state index in [0.717, 1.165) is 15.8 Å². The van der Waals surface area contributed by atoms with Crippen LogP contribution in [-0.2, 0) is 19.6 Å². The highest BCUT2D eigenvalue weighted by Crippen LogP contribution is 2.26. The first-order chi connectivity index (χ1) is 13.8. The predicted molar refractivity (Wildman–Crippen MR) is 104 cm³/mol. The molecule has 2 aromatic carbocycles. The quantitative estimate of drug-likeness (QED) is 0.716. The third-order valence-corrected chi connectivity index (χ3v) is 7.12. The molecule has 0 radical (unpaired) electrons. The molecule has 0 aromatic heterocycles. The Labute approximate surface area is 167 Å². The van der Waals surface area contributed by atoms with Crippen LogP contribution in [0, 0.1) is 5.92 Å². The van der Waals surface area contributed by atoms with E-state index in [1.165, 1.54) is 4.31 Å². The Balaban J connectivity index is 1.41. The maximum absolute atomic E-state index is 13.0. The van der Waals surface area contributed by atoms with Gasteiger partial charge in [0, 0.05) is 19.0 Å². The number of carbonyl (C=O) groups is 3. The molecule has 2 N–H and O–H groups in total. The number of amides is 4. The Bertz CT molecular complexity index is 1090. The minimum absolute atomic E-state index is 0.207. The lowest BCUT2D eigenvalue weighted by molar-refractivity contribution is -0.130. The summed E-state index contributed by atoms with van der Waals surface area (Å²) in [6.45, 7) is 0.191. The summed E-state index contributed by atoms with van der Waals surface area (Å²) in [5, 5.41) is 4.82. The molecule has 29 heavy (non-hydrogen) atoms. The van der Waals surface area contributed by atoms with Crippen LogP contribution in [0.15, 0.2) is 47.4 Å². The van der Waals surface area contributed by atoms with Gasteiger partial charge in [0.2, 0.25) is 21.8 Å². The second kappa shape index (κ2) is 7.45. The first-order valence-corrected chi connectivity index (χ1v) is 10.7. The molecule has 9 nitrogen and oxygen atoms in total. The number of hydrogen-bond acceptors (Lipinski definition) is 5. The first kappa shape index (κ1) is 19.3. The van der Waals surface area contributed by atoms with E-state index in [9.17, 15) is 22.8 Å². The fourth-order valence-corrected chi connectivity index (χ4v) is 5.10. The second-order valence-corrected chi connectivity index (χ2v) is 9.04. The highest BCUT2D eigenvalue weighted by molar-refractivity contribution is 7.89. The molecule has 0 saturated carbocycles. The monoisotopic (exact) mass is 416 g/mol. The van der Waals surface area contributed by atoms with Crippen molar-refractivity contribution in [1.82, 2.24) is 20.1 Å². The molecule has 0 atom stereocenters. The molecule has 2 aliphatic heterocycles. The third-order valence-electron chi connectivity index (χ3n) is 5.22. The maximum atomic E-state index is 13.0. The maximum Gasteiger partial charge on any atom is 0.343 e. The van der Waals surface area contributed by atoms with Crippen molar-refractivity contribution in [1.29, 1.82) is 0 Å². The van der Waals surface area contributed by atoms with Gasteiger partial charge in [-0.05, 0) is 35.7 Å². The van der Waals surface area contributed by atoms with E-state index in [2.05, 4.69) is 10.7 Å². The largest absolute Gasteiger partial charge is 0.343 e. The van der Waals surface area contributed by atoms with Crippen molar-refractivity contribution in [2.75, 3.05) is 19.6 Å². The Kier molecular flexibility index (Phi) is 4.97. The van der Waals surface area contributed by atoms with Crippen molar-refractivity contribution < 1.29 is 22.8 Å². The number of sulfonamides is 1. The van der Waals surface area contributed by atoms with E-state index >= 15 is 0 Å². The van der Waals surface area contributed by atoms with Gasteiger partial charge in [-0.2, -0.15) is 4.31 Å². The molecule has 2 fully saturated rings. The van der Waals surface area contributed by atoms with Crippen LogP contribution in [0.3, 0.4) is 0 Å². The van der Waals surface area contributed by atoms with Gasteiger partial charge in [-0.15, -0.1) is 0 Å². The second-order valence-electron chi connectivity index (χ2n) is 7.10. The average molecular weight is 416 g/mol. The number of nitrogens with one attached hydrogen (secondary N) is 2. The first-order valence-electron chi connectivity index (χ1n) is 9.25. The van der Waals surface area contributed by atoms with Gasteiger partial charge < -0.3 is 0 Å². The Morgan fingerprint density at radius 2 is 1.72 bits per heavy atom. The van der Waals surface area contributed by atoms with Gasteiger partial charge in [0.05, 0.1) is 4.90 Å². The fraction of sp³-hybridized carbons (Fsp3) is 0.316. The molecule has 2 aliphatic rings. The summed E-state index contributed by atoms with van der Waals surface area (Å²) >= 11 is 0. The van der Waals surface area contributed by atoms with Crippen molar-refractivity contribution in [2.24, 2.45) is 5.92 Å². The average Bonchev–Trinajstić information content (AvgIpc) is 3.04. The number of imide groups is 1. The Morgan fingerprint density at radius 3 is 2.38 bits per heavy atom. The Hall–Kier alpha value is -2.98. The molecule has 0 unspecified atom stereocenters. The zero-order valence-corrected chi connectivity index (χ0v) is 16.3.